The summed E-state index contributed by atoms with van der Waals surface area (Å²) in [5, 5.41) is 12.7. The minimum absolute atomic E-state index is 0.0244. The molecule has 1 atom stereocenters. The van der Waals surface area contributed by atoms with E-state index in [1.807, 2.05) is 0 Å². The lowest BCUT2D eigenvalue weighted by Gasteiger charge is -2.18. The van der Waals surface area contributed by atoms with Gasteiger partial charge in [-0.25, -0.2) is 4.79 Å². The zero-order valence-corrected chi connectivity index (χ0v) is 15.6. The maximum Gasteiger partial charge on any atom is 0.342 e. The zero-order chi connectivity index (χ0) is 19.6. The lowest BCUT2D eigenvalue weighted by Crippen LogP contribution is -2.23. The lowest BCUT2D eigenvalue weighted by atomic mass is 9.88. The minimum atomic E-state index is -0.808. The van der Waals surface area contributed by atoms with Gasteiger partial charge in [0.25, 0.3) is 11.8 Å². The molecule has 0 unspecified atom stereocenters. The first-order valence-electron chi connectivity index (χ1n) is 8.56. The number of primary amides is 1. The monoisotopic (exact) mass is 388 g/mol. The second kappa shape index (κ2) is 7.79. The Balaban J connectivity index is 1.68. The van der Waals surface area contributed by atoms with Crippen molar-refractivity contribution in [1.82, 2.24) is 0 Å². The number of ether oxygens (including phenoxy) is 1. The highest BCUT2D eigenvalue weighted by Gasteiger charge is 2.27. The third-order valence-electron chi connectivity index (χ3n) is 4.47. The Labute approximate surface area is 160 Å². The van der Waals surface area contributed by atoms with Crippen LogP contribution in [0.1, 0.15) is 44.5 Å². The zero-order valence-electron chi connectivity index (χ0n) is 14.8. The van der Waals surface area contributed by atoms with Gasteiger partial charge in [0.15, 0.2) is 6.61 Å². The summed E-state index contributed by atoms with van der Waals surface area (Å²) in [6, 6.07) is 5.90. The van der Waals surface area contributed by atoms with Crippen molar-refractivity contribution in [3.05, 3.63) is 45.8 Å². The molecule has 1 aromatic heterocycles. The largest absolute Gasteiger partial charge is 0.507 e. The van der Waals surface area contributed by atoms with Gasteiger partial charge < -0.3 is 20.9 Å². The SMILES string of the molecule is C[C@@H]1CCc2c(sc(NC(=O)COC(=O)c3ccccc3O)c2C(N)=O)C1. The summed E-state index contributed by atoms with van der Waals surface area (Å²) in [6.45, 7) is 1.60. The van der Waals surface area contributed by atoms with Crippen LogP contribution < -0.4 is 11.1 Å². The fourth-order valence-corrected chi connectivity index (χ4v) is 4.55. The molecule has 1 heterocycles. The molecule has 3 rings (SSSR count). The number of carbonyl (C=O) groups excluding carboxylic acids is 3. The van der Waals surface area contributed by atoms with Crippen molar-refractivity contribution in [2.24, 2.45) is 11.7 Å². The van der Waals surface area contributed by atoms with Crippen LogP contribution in [-0.2, 0) is 22.4 Å². The van der Waals surface area contributed by atoms with Gasteiger partial charge in [0.05, 0.1) is 5.56 Å². The second-order valence-corrected chi connectivity index (χ2v) is 7.67. The first-order chi connectivity index (χ1) is 12.9. The van der Waals surface area contributed by atoms with E-state index >= 15 is 0 Å². The van der Waals surface area contributed by atoms with Crippen LogP contribution in [0.4, 0.5) is 5.00 Å². The number of para-hydroxylation sites is 1. The number of phenolic OH excluding ortho intramolecular Hbond substituents is 1. The molecule has 0 radical (unpaired) electrons. The Kier molecular flexibility index (Phi) is 5.46. The number of phenols is 1. The van der Waals surface area contributed by atoms with Gasteiger partial charge >= 0.3 is 5.97 Å². The molecule has 1 aliphatic carbocycles. The molecular weight excluding hydrogens is 368 g/mol. The molecule has 0 bridgehead atoms. The summed E-state index contributed by atoms with van der Waals surface area (Å²) in [5.74, 6) is -1.67. The number of carbonyl (C=O) groups is 3. The summed E-state index contributed by atoms with van der Waals surface area (Å²) in [4.78, 5) is 37.1. The predicted octanol–water partition coefficient (Wildman–Crippen LogP) is 2.47. The van der Waals surface area contributed by atoms with Crippen molar-refractivity contribution in [3.63, 3.8) is 0 Å². The fraction of sp³-hybridized carbons (Fsp3) is 0.316. The van der Waals surface area contributed by atoms with E-state index in [0.29, 0.717) is 16.5 Å². The van der Waals surface area contributed by atoms with E-state index in [4.69, 9.17) is 10.5 Å². The molecule has 27 heavy (non-hydrogen) atoms. The van der Waals surface area contributed by atoms with Crippen molar-refractivity contribution in [2.45, 2.75) is 26.2 Å². The van der Waals surface area contributed by atoms with E-state index in [1.165, 1.54) is 23.5 Å². The van der Waals surface area contributed by atoms with Crippen molar-refractivity contribution in [1.29, 1.82) is 0 Å². The molecule has 2 amide bonds. The van der Waals surface area contributed by atoms with E-state index in [9.17, 15) is 19.5 Å². The van der Waals surface area contributed by atoms with Crippen molar-refractivity contribution >= 4 is 34.1 Å². The van der Waals surface area contributed by atoms with Gasteiger partial charge in [-0.3, -0.25) is 9.59 Å². The number of esters is 1. The molecule has 1 aliphatic rings. The third kappa shape index (κ3) is 4.11. The Morgan fingerprint density at radius 1 is 1.33 bits per heavy atom. The number of thiophene rings is 1. The smallest absolute Gasteiger partial charge is 0.342 e. The number of fused-ring (bicyclic) bond motifs is 1. The van der Waals surface area contributed by atoms with E-state index in [2.05, 4.69) is 12.2 Å². The molecular formula is C19H20N2O5S. The number of anilines is 1. The molecule has 0 spiro atoms. The van der Waals surface area contributed by atoms with Crippen LogP contribution in [0.25, 0.3) is 0 Å². The fourth-order valence-electron chi connectivity index (χ4n) is 3.12. The van der Waals surface area contributed by atoms with Gasteiger partial charge in [0.2, 0.25) is 0 Å². The maximum absolute atomic E-state index is 12.2. The van der Waals surface area contributed by atoms with E-state index in [-0.39, 0.29) is 11.3 Å². The van der Waals surface area contributed by atoms with Crippen LogP contribution in [0.2, 0.25) is 0 Å². The van der Waals surface area contributed by atoms with Crippen LogP contribution in [0, 0.1) is 5.92 Å². The Morgan fingerprint density at radius 2 is 2.07 bits per heavy atom. The molecule has 0 saturated carbocycles. The Hall–Kier alpha value is -2.87. The van der Waals surface area contributed by atoms with E-state index in [1.54, 1.807) is 12.1 Å². The maximum atomic E-state index is 12.2. The molecule has 2 aromatic rings. The van der Waals surface area contributed by atoms with Crippen molar-refractivity contribution in [2.75, 3.05) is 11.9 Å². The Morgan fingerprint density at radius 3 is 2.78 bits per heavy atom. The molecule has 8 heteroatoms. The normalized spacial score (nSPS) is 15.7. The quantitative estimate of drug-likeness (QED) is 0.680. The number of aromatic hydroxyl groups is 1. The van der Waals surface area contributed by atoms with Gasteiger partial charge in [-0.1, -0.05) is 19.1 Å². The number of nitrogens with two attached hydrogens (primary N) is 1. The number of amides is 2. The van der Waals surface area contributed by atoms with Crippen LogP contribution in [-0.4, -0.2) is 29.5 Å². The standard InChI is InChI=1S/C19H20N2O5S/c1-10-6-7-12-14(8-10)27-18(16(12)17(20)24)21-15(23)9-26-19(25)11-4-2-3-5-13(11)22/h2-5,10,22H,6-9H2,1H3,(H2,20,24)(H,21,23)/t10-/m1/s1. The van der Waals surface area contributed by atoms with Gasteiger partial charge in [0.1, 0.15) is 16.3 Å². The Bertz CT molecular complexity index is 906. The highest BCUT2D eigenvalue weighted by atomic mass is 32.1. The molecule has 4 N–H and O–H groups in total. The highest BCUT2D eigenvalue weighted by Crippen LogP contribution is 2.39. The molecule has 0 fully saturated rings. The topological polar surface area (TPSA) is 119 Å². The van der Waals surface area contributed by atoms with Gasteiger partial charge in [-0.05, 0) is 42.9 Å². The number of hydrogen-bond acceptors (Lipinski definition) is 6. The summed E-state index contributed by atoms with van der Waals surface area (Å²) in [6.07, 6.45) is 2.57. The van der Waals surface area contributed by atoms with Gasteiger partial charge in [-0.2, -0.15) is 0 Å². The first kappa shape index (κ1) is 18.9. The molecule has 1 aromatic carbocycles. The van der Waals surface area contributed by atoms with Crippen LogP contribution >= 0.6 is 11.3 Å². The third-order valence-corrected chi connectivity index (χ3v) is 5.64. The summed E-state index contributed by atoms with van der Waals surface area (Å²) in [5.41, 5.74) is 6.75. The van der Waals surface area contributed by atoms with Crippen LogP contribution in [0.5, 0.6) is 5.75 Å². The number of rotatable bonds is 5. The average Bonchev–Trinajstić information content (AvgIpc) is 2.97. The van der Waals surface area contributed by atoms with Gasteiger partial charge in [0, 0.05) is 4.88 Å². The number of hydrogen-bond donors (Lipinski definition) is 3. The van der Waals surface area contributed by atoms with Gasteiger partial charge in [-0.15, -0.1) is 11.3 Å². The average molecular weight is 388 g/mol. The number of nitrogens with one attached hydrogen (secondary N) is 1. The minimum Gasteiger partial charge on any atom is -0.507 e. The summed E-state index contributed by atoms with van der Waals surface area (Å²) < 4.78 is 4.94. The summed E-state index contributed by atoms with van der Waals surface area (Å²) >= 11 is 1.34. The molecule has 7 nitrogen and oxygen atoms in total. The van der Waals surface area contributed by atoms with Crippen molar-refractivity contribution < 1.29 is 24.2 Å². The van der Waals surface area contributed by atoms with E-state index < -0.39 is 24.4 Å². The lowest BCUT2D eigenvalue weighted by molar-refractivity contribution is -0.119. The summed E-state index contributed by atoms with van der Waals surface area (Å²) in [7, 11) is 0. The van der Waals surface area contributed by atoms with Crippen LogP contribution in [0.3, 0.4) is 0 Å². The molecule has 0 saturated heterocycles. The number of benzene rings is 1. The first-order valence-corrected chi connectivity index (χ1v) is 9.37. The molecule has 0 aliphatic heterocycles. The second-order valence-electron chi connectivity index (χ2n) is 6.56. The predicted molar refractivity (Wildman–Crippen MR) is 101 cm³/mol. The van der Waals surface area contributed by atoms with Crippen molar-refractivity contribution in [3.8, 4) is 5.75 Å². The van der Waals surface area contributed by atoms with Crippen LogP contribution in [0.15, 0.2) is 24.3 Å². The molecule has 142 valence electrons. The van der Waals surface area contributed by atoms with E-state index in [0.717, 1.165) is 29.7 Å². The highest BCUT2D eigenvalue weighted by molar-refractivity contribution is 7.17.